The highest BCUT2D eigenvalue weighted by Gasteiger charge is 2.30. The Morgan fingerprint density at radius 2 is 1.53 bits per heavy atom. The lowest BCUT2D eigenvalue weighted by Crippen LogP contribution is -2.05. The fraction of sp³-hybridized carbons (Fsp3) is 0.0833. The van der Waals surface area contributed by atoms with Crippen molar-refractivity contribution in [3.05, 3.63) is 54.0 Å². The Bertz CT molecular complexity index is 500. The quantitative estimate of drug-likeness (QED) is 0.690. The summed E-state index contributed by atoms with van der Waals surface area (Å²) in [6, 6.07) is 7.60. The summed E-state index contributed by atoms with van der Waals surface area (Å²) in [5, 5.41) is 0. The van der Waals surface area contributed by atoms with E-state index in [9.17, 15) is 17.6 Å². The number of nitrogens with zero attached hydrogens (tertiary/aromatic N) is 1. The predicted octanol–water partition coefficient (Wildman–Crippen LogP) is 3.91. The van der Waals surface area contributed by atoms with Gasteiger partial charge in [-0.05, 0) is 36.4 Å². The average Bonchev–Trinajstić information content (AvgIpc) is 2.29. The summed E-state index contributed by atoms with van der Waals surface area (Å²) < 4.78 is 49.5. The van der Waals surface area contributed by atoms with Crippen LogP contribution in [0.5, 0.6) is 0 Å². The van der Waals surface area contributed by atoms with Crippen molar-refractivity contribution in [1.82, 2.24) is 4.98 Å². The van der Waals surface area contributed by atoms with E-state index >= 15 is 0 Å². The van der Waals surface area contributed by atoms with E-state index in [1.165, 1.54) is 30.3 Å². The van der Waals surface area contributed by atoms with Gasteiger partial charge in [0.05, 0.1) is 11.3 Å². The van der Waals surface area contributed by atoms with Gasteiger partial charge in [0.15, 0.2) is 0 Å². The monoisotopic (exact) mass is 241 g/mol. The number of hydrogen-bond acceptors (Lipinski definition) is 1. The van der Waals surface area contributed by atoms with Crippen molar-refractivity contribution in [3.63, 3.8) is 0 Å². The first-order chi connectivity index (χ1) is 7.97. The molecule has 0 spiro atoms. The van der Waals surface area contributed by atoms with Gasteiger partial charge in [-0.25, -0.2) is 4.39 Å². The van der Waals surface area contributed by atoms with Crippen LogP contribution in [0.2, 0.25) is 0 Å². The van der Waals surface area contributed by atoms with Gasteiger partial charge in [-0.2, -0.15) is 13.2 Å². The molecular weight excluding hydrogens is 234 g/mol. The van der Waals surface area contributed by atoms with E-state index in [1.54, 1.807) is 0 Å². The Balaban J connectivity index is 2.33. The summed E-state index contributed by atoms with van der Waals surface area (Å²) in [6.45, 7) is 0. The number of aromatic nitrogens is 1. The average molecular weight is 241 g/mol. The molecule has 2 rings (SSSR count). The highest BCUT2D eigenvalue weighted by molar-refractivity contribution is 5.58. The van der Waals surface area contributed by atoms with Gasteiger partial charge in [0.1, 0.15) is 5.82 Å². The molecule has 1 aromatic carbocycles. The fourth-order valence-electron chi connectivity index (χ4n) is 1.35. The van der Waals surface area contributed by atoms with E-state index in [-0.39, 0.29) is 0 Å². The molecule has 0 unspecified atom stereocenters. The summed E-state index contributed by atoms with van der Waals surface area (Å²) in [4.78, 5) is 3.70. The normalized spacial score (nSPS) is 11.5. The van der Waals surface area contributed by atoms with Gasteiger partial charge >= 0.3 is 6.18 Å². The molecule has 1 aromatic heterocycles. The molecular formula is C12H7F4N. The molecule has 0 fully saturated rings. The van der Waals surface area contributed by atoms with Gasteiger partial charge in [0, 0.05) is 11.8 Å². The van der Waals surface area contributed by atoms with Crippen molar-refractivity contribution in [2.45, 2.75) is 6.18 Å². The topological polar surface area (TPSA) is 12.9 Å². The second kappa shape index (κ2) is 4.16. The molecule has 0 aliphatic heterocycles. The summed E-state index contributed by atoms with van der Waals surface area (Å²) in [6.07, 6.45) is -3.63. The second-order valence-electron chi connectivity index (χ2n) is 3.44. The smallest absolute Gasteiger partial charge is 0.256 e. The maximum Gasteiger partial charge on any atom is 0.417 e. The molecule has 1 nitrogen and oxygen atoms in total. The van der Waals surface area contributed by atoms with Crippen LogP contribution in [-0.2, 0) is 6.18 Å². The lowest BCUT2D eigenvalue weighted by molar-refractivity contribution is -0.137. The number of benzene rings is 1. The number of alkyl halides is 3. The third-order valence-electron chi connectivity index (χ3n) is 2.23. The van der Waals surface area contributed by atoms with Crippen LogP contribution < -0.4 is 0 Å². The van der Waals surface area contributed by atoms with E-state index in [2.05, 4.69) is 4.98 Å². The first-order valence-electron chi connectivity index (χ1n) is 4.76. The highest BCUT2D eigenvalue weighted by Crippen LogP contribution is 2.29. The molecule has 0 amide bonds. The molecule has 1 heterocycles. The van der Waals surface area contributed by atoms with E-state index in [4.69, 9.17) is 0 Å². The van der Waals surface area contributed by atoms with Crippen LogP contribution in [-0.4, -0.2) is 4.98 Å². The lowest BCUT2D eigenvalue weighted by atomic mass is 10.1. The van der Waals surface area contributed by atoms with Crippen LogP contribution in [0.3, 0.4) is 0 Å². The number of rotatable bonds is 1. The molecule has 0 atom stereocenters. The minimum atomic E-state index is -4.39. The molecule has 0 radical (unpaired) electrons. The number of halogens is 4. The third-order valence-corrected chi connectivity index (χ3v) is 2.23. The Morgan fingerprint density at radius 1 is 0.882 bits per heavy atom. The van der Waals surface area contributed by atoms with Gasteiger partial charge in [-0.3, -0.25) is 4.98 Å². The van der Waals surface area contributed by atoms with Crippen molar-refractivity contribution < 1.29 is 17.6 Å². The van der Waals surface area contributed by atoms with Crippen molar-refractivity contribution in [2.75, 3.05) is 0 Å². The van der Waals surface area contributed by atoms with E-state index in [0.717, 1.165) is 12.3 Å². The molecule has 0 aliphatic rings. The van der Waals surface area contributed by atoms with Crippen molar-refractivity contribution >= 4 is 0 Å². The first-order valence-corrected chi connectivity index (χ1v) is 4.76. The summed E-state index contributed by atoms with van der Waals surface area (Å²) >= 11 is 0. The van der Waals surface area contributed by atoms with Crippen molar-refractivity contribution in [2.24, 2.45) is 0 Å². The molecule has 0 bridgehead atoms. The summed E-state index contributed by atoms with van der Waals surface area (Å²) in [7, 11) is 0. The minimum Gasteiger partial charge on any atom is -0.256 e. The molecule has 0 saturated heterocycles. The second-order valence-corrected chi connectivity index (χ2v) is 3.44. The fourth-order valence-corrected chi connectivity index (χ4v) is 1.35. The lowest BCUT2D eigenvalue weighted by Gasteiger charge is -2.06. The maximum atomic E-state index is 12.7. The summed E-state index contributed by atoms with van der Waals surface area (Å²) in [5.41, 5.74) is 0.140. The van der Waals surface area contributed by atoms with Crippen LogP contribution in [0, 0.1) is 5.82 Å². The van der Waals surface area contributed by atoms with E-state index in [1.807, 2.05) is 0 Å². The van der Waals surface area contributed by atoms with Crippen molar-refractivity contribution in [1.29, 1.82) is 0 Å². The first kappa shape index (κ1) is 11.6. The van der Waals surface area contributed by atoms with Crippen molar-refractivity contribution in [3.8, 4) is 11.3 Å². The maximum absolute atomic E-state index is 12.7. The van der Waals surface area contributed by atoms with E-state index < -0.39 is 17.6 Å². The van der Waals surface area contributed by atoms with Crippen LogP contribution in [0.4, 0.5) is 17.6 Å². The highest BCUT2D eigenvalue weighted by atomic mass is 19.4. The Labute approximate surface area is 94.7 Å². The SMILES string of the molecule is Fc1ccc(-c2ccc(C(F)(F)F)cn2)cc1. The molecule has 5 heteroatoms. The van der Waals surface area contributed by atoms with Gasteiger partial charge < -0.3 is 0 Å². The van der Waals surface area contributed by atoms with Crippen LogP contribution in [0.25, 0.3) is 11.3 Å². The Morgan fingerprint density at radius 3 is 2.00 bits per heavy atom. The summed E-state index contributed by atoms with van der Waals surface area (Å²) in [5.74, 6) is -0.402. The third kappa shape index (κ3) is 2.61. The van der Waals surface area contributed by atoms with Crippen LogP contribution >= 0.6 is 0 Å². The van der Waals surface area contributed by atoms with Crippen LogP contribution in [0.1, 0.15) is 5.56 Å². The predicted molar refractivity (Wildman–Crippen MR) is 54.6 cm³/mol. The Hall–Kier alpha value is -1.91. The van der Waals surface area contributed by atoms with Gasteiger partial charge in [0.25, 0.3) is 0 Å². The van der Waals surface area contributed by atoms with E-state index in [0.29, 0.717) is 11.3 Å². The van der Waals surface area contributed by atoms with Gasteiger partial charge in [-0.15, -0.1) is 0 Å². The zero-order chi connectivity index (χ0) is 12.5. The van der Waals surface area contributed by atoms with Gasteiger partial charge in [0.2, 0.25) is 0 Å². The van der Waals surface area contributed by atoms with Gasteiger partial charge in [-0.1, -0.05) is 0 Å². The zero-order valence-corrected chi connectivity index (χ0v) is 8.50. The molecule has 17 heavy (non-hydrogen) atoms. The Kier molecular flexibility index (Phi) is 2.83. The largest absolute Gasteiger partial charge is 0.417 e. The number of pyridine rings is 1. The van der Waals surface area contributed by atoms with Crippen LogP contribution in [0.15, 0.2) is 42.6 Å². The molecule has 0 saturated carbocycles. The zero-order valence-electron chi connectivity index (χ0n) is 8.50. The molecule has 88 valence electrons. The number of hydrogen-bond donors (Lipinski definition) is 0. The standard InChI is InChI=1S/C12H7F4N/c13-10-4-1-8(2-5-10)11-6-3-9(7-17-11)12(14,15)16/h1-7H. The molecule has 0 aliphatic carbocycles. The molecule has 0 N–H and O–H groups in total. The molecule has 2 aromatic rings. The minimum absolute atomic E-state index is 0.373.